The molecule has 0 fully saturated rings. The summed E-state index contributed by atoms with van der Waals surface area (Å²) in [6.07, 6.45) is 0.872. The topological polar surface area (TPSA) is 67.9 Å². The van der Waals surface area contributed by atoms with E-state index in [1.54, 1.807) is 18.9 Å². The first-order valence-corrected chi connectivity index (χ1v) is 10.6. The summed E-state index contributed by atoms with van der Waals surface area (Å²) < 4.78 is 10.9. The molecule has 1 N–H and O–H groups in total. The Hall–Kier alpha value is -3.02. The Morgan fingerprint density at radius 2 is 1.65 bits per heavy atom. The van der Waals surface area contributed by atoms with E-state index in [2.05, 4.69) is 5.32 Å². The molecule has 0 aliphatic rings. The molecule has 31 heavy (non-hydrogen) atoms. The van der Waals surface area contributed by atoms with Crippen LogP contribution in [0.25, 0.3) is 0 Å². The van der Waals surface area contributed by atoms with Crippen LogP contribution in [0.15, 0.2) is 54.6 Å². The zero-order chi connectivity index (χ0) is 22.9. The van der Waals surface area contributed by atoms with Crippen LogP contribution in [0.4, 0.5) is 0 Å². The molecule has 0 unspecified atom stereocenters. The molecule has 2 rings (SSSR count). The molecule has 0 bridgehead atoms. The molecule has 0 aliphatic carbocycles. The SMILES string of the molecule is COc1ccc(CN(C(=O)CCCOc2ccccc2)[C@@H](C)C(=O)NC(C)(C)C)cc1. The number of carbonyl (C=O) groups excluding carboxylic acids is 2. The lowest BCUT2D eigenvalue weighted by Crippen LogP contribution is -2.52. The number of nitrogens with one attached hydrogen (secondary N) is 1. The van der Waals surface area contributed by atoms with Gasteiger partial charge in [0.25, 0.3) is 0 Å². The fourth-order valence-corrected chi connectivity index (χ4v) is 3.06. The molecule has 0 radical (unpaired) electrons. The molecular weight excluding hydrogens is 392 g/mol. The Morgan fingerprint density at radius 1 is 1.00 bits per heavy atom. The average Bonchev–Trinajstić information content (AvgIpc) is 2.74. The Bertz CT molecular complexity index is 829. The van der Waals surface area contributed by atoms with Gasteiger partial charge in [0.05, 0.1) is 13.7 Å². The summed E-state index contributed by atoms with van der Waals surface area (Å²) in [5.74, 6) is 1.28. The summed E-state index contributed by atoms with van der Waals surface area (Å²) in [7, 11) is 1.61. The number of hydrogen-bond donors (Lipinski definition) is 1. The molecule has 0 heterocycles. The Balaban J connectivity index is 2.03. The fraction of sp³-hybridized carbons (Fsp3) is 0.440. The monoisotopic (exact) mass is 426 g/mol. The molecule has 2 aromatic rings. The van der Waals surface area contributed by atoms with Crippen molar-refractivity contribution in [2.24, 2.45) is 0 Å². The lowest BCUT2D eigenvalue weighted by molar-refractivity contribution is -0.141. The van der Waals surface area contributed by atoms with Crippen LogP contribution in [-0.4, -0.2) is 42.0 Å². The molecule has 0 aliphatic heterocycles. The number of hydrogen-bond acceptors (Lipinski definition) is 4. The number of methoxy groups -OCH3 is 1. The van der Waals surface area contributed by atoms with Crippen molar-refractivity contribution in [3.05, 3.63) is 60.2 Å². The second-order valence-corrected chi connectivity index (χ2v) is 8.55. The molecule has 0 saturated heterocycles. The van der Waals surface area contributed by atoms with Crippen LogP contribution in [0.5, 0.6) is 11.5 Å². The van der Waals surface area contributed by atoms with Gasteiger partial charge in [-0.05, 0) is 63.9 Å². The predicted octanol–water partition coefficient (Wildman–Crippen LogP) is 4.19. The maximum atomic E-state index is 13.1. The van der Waals surface area contributed by atoms with Crippen molar-refractivity contribution in [2.75, 3.05) is 13.7 Å². The molecular formula is C25H34N2O4. The molecule has 0 spiro atoms. The minimum atomic E-state index is -0.594. The minimum absolute atomic E-state index is 0.0796. The maximum absolute atomic E-state index is 13.1. The lowest BCUT2D eigenvalue weighted by Gasteiger charge is -2.31. The highest BCUT2D eigenvalue weighted by atomic mass is 16.5. The molecule has 0 saturated carbocycles. The van der Waals surface area contributed by atoms with Crippen LogP contribution in [0.3, 0.4) is 0 Å². The summed E-state index contributed by atoms with van der Waals surface area (Å²) in [6, 6.07) is 16.4. The third kappa shape index (κ3) is 8.32. The number of carbonyl (C=O) groups is 2. The second kappa shape index (κ2) is 11.4. The third-order valence-corrected chi connectivity index (χ3v) is 4.72. The highest BCUT2D eigenvalue weighted by Gasteiger charge is 2.28. The Labute approximate surface area is 185 Å². The summed E-state index contributed by atoms with van der Waals surface area (Å²) in [5.41, 5.74) is 0.564. The van der Waals surface area contributed by atoms with Crippen molar-refractivity contribution < 1.29 is 19.1 Å². The Morgan fingerprint density at radius 3 is 2.23 bits per heavy atom. The summed E-state index contributed by atoms with van der Waals surface area (Å²) in [4.78, 5) is 27.5. The van der Waals surface area contributed by atoms with Crippen molar-refractivity contribution >= 4 is 11.8 Å². The zero-order valence-corrected chi connectivity index (χ0v) is 19.2. The van der Waals surface area contributed by atoms with Gasteiger partial charge in [-0.15, -0.1) is 0 Å². The van der Waals surface area contributed by atoms with Gasteiger partial charge in [-0.1, -0.05) is 30.3 Å². The summed E-state index contributed by atoms with van der Waals surface area (Å²) in [6.45, 7) is 8.33. The van der Waals surface area contributed by atoms with Crippen molar-refractivity contribution in [1.29, 1.82) is 0 Å². The molecule has 2 aromatic carbocycles. The number of amides is 2. The van der Waals surface area contributed by atoms with Crippen LogP contribution in [0.2, 0.25) is 0 Å². The van der Waals surface area contributed by atoms with E-state index in [0.717, 1.165) is 17.1 Å². The number of benzene rings is 2. The fourth-order valence-electron chi connectivity index (χ4n) is 3.06. The van der Waals surface area contributed by atoms with E-state index in [-0.39, 0.29) is 17.4 Å². The lowest BCUT2D eigenvalue weighted by atomic mass is 10.1. The highest BCUT2D eigenvalue weighted by molar-refractivity contribution is 5.87. The summed E-state index contributed by atoms with van der Waals surface area (Å²) in [5, 5.41) is 2.97. The molecule has 6 heteroatoms. The summed E-state index contributed by atoms with van der Waals surface area (Å²) >= 11 is 0. The minimum Gasteiger partial charge on any atom is -0.497 e. The standard InChI is InChI=1S/C25H34N2O4/c1-19(24(29)26-25(2,3)4)27(18-20-13-15-21(30-5)16-14-20)23(28)12-9-17-31-22-10-7-6-8-11-22/h6-8,10-11,13-16,19H,9,12,17-18H2,1-5H3,(H,26,29)/t19-/m0/s1. The average molecular weight is 427 g/mol. The van der Waals surface area contributed by atoms with Gasteiger partial charge in [-0.25, -0.2) is 0 Å². The van der Waals surface area contributed by atoms with Crippen molar-refractivity contribution in [3.8, 4) is 11.5 Å². The van der Waals surface area contributed by atoms with E-state index in [1.807, 2.05) is 75.4 Å². The number of rotatable bonds is 10. The number of nitrogens with zero attached hydrogens (tertiary/aromatic N) is 1. The van der Waals surface area contributed by atoms with Crippen LogP contribution in [0.1, 0.15) is 46.1 Å². The van der Waals surface area contributed by atoms with Crippen molar-refractivity contribution in [3.63, 3.8) is 0 Å². The van der Waals surface area contributed by atoms with Crippen LogP contribution in [0, 0.1) is 0 Å². The van der Waals surface area contributed by atoms with E-state index in [1.165, 1.54) is 0 Å². The van der Waals surface area contributed by atoms with Gasteiger partial charge in [-0.3, -0.25) is 9.59 Å². The van der Waals surface area contributed by atoms with E-state index < -0.39 is 6.04 Å². The smallest absolute Gasteiger partial charge is 0.242 e. The van der Waals surface area contributed by atoms with E-state index in [9.17, 15) is 9.59 Å². The van der Waals surface area contributed by atoms with E-state index in [4.69, 9.17) is 9.47 Å². The van der Waals surface area contributed by atoms with Gasteiger partial charge in [0.1, 0.15) is 17.5 Å². The molecule has 2 amide bonds. The quantitative estimate of drug-likeness (QED) is 0.579. The number of para-hydroxylation sites is 1. The third-order valence-electron chi connectivity index (χ3n) is 4.72. The van der Waals surface area contributed by atoms with Gasteiger partial charge in [-0.2, -0.15) is 0 Å². The first-order valence-electron chi connectivity index (χ1n) is 10.6. The first-order chi connectivity index (χ1) is 14.7. The van der Waals surface area contributed by atoms with Gasteiger partial charge in [0, 0.05) is 18.5 Å². The normalized spacial score (nSPS) is 12.0. The van der Waals surface area contributed by atoms with Gasteiger partial charge >= 0.3 is 0 Å². The first kappa shape index (κ1) is 24.3. The largest absolute Gasteiger partial charge is 0.497 e. The van der Waals surface area contributed by atoms with E-state index in [0.29, 0.717) is 26.0 Å². The molecule has 168 valence electrons. The predicted molar refractivity (Wildman–Crippen MR) is 122 cm³/mol. The maximum Gasteiger partial charge on any atom is 0.242 e. The second-order valence-electron chi connectivity index (χ2n) is 8.55. The van der Waals surface area contributed by atoms with Gasteiger partial charge < -0.3 is 19.7 Å². The van der Waals surface area contributed by atoms with E-state index >= 15 is 0 Å². The van der Waals surface area contributed by atoms with Crippen LogP contribution >= 0.6 is 0 Å². The zero-order valence-electron chi connectivity index (χ0n) is 19.2. The van der Waals surface area contributed by atoms with Crippen LogP contribution < -0.4 is 14.8 Å². The van der Waals surface area contributed by atoms with Gasteiger partial charge in [0.2, 0.25) is 11.8 Å². The number of ether oxygens (including phenoxy) is 2. The molecule has 0 aromatic heterocycles. The van der Waals surface area contributed by atoms with Crippen molar-refractivity contribution in [1.82, 2.24) is 10.2 Å². The van der Waals surface area contributed by atoms with Gasteiger partial charge in [0.15, 0.2) is 0 Å². The highest BCUT2D eigenvalue weighted by Crippen LogP contribution is 2.17. The molecule has 6 nitrogen and oxygen atoms in total. The Kier molecular flexibility index (Phi) is 8.91. The van der Waals surface area contributed by atoms with Crippen LogP contribution in [-0.2, 0) is 16.1 Å². The molecule has 1 atom stereocenters. The van der Waals surface area contributed by atoms with Crippen molar-refractivity contribution in [2.45, 2.75) is 58.7 Å².